The molecular formula is C15H24N2O. The third kappa shape index (κ3) is 2.32. The van der Waals surface area contributed by atoms with Crippen molar-refractivity contribution < 1.29 is 4.74 Å². The van der Waals surface area contributed by atoms with Crippen molar-refractivity contribution in [3.63, 3.8) is 0 Å². The van der Waals surface area contributed by atoms with Gasteiger partial charge in [0.1, 0.15) is 0 Å². The van der Waals surface area contributed by atoms with Crippen LogP contribution in [0, 0.1) is 12.3 Å². The summed E-state index contributed by atoms with van der Waals surface area (Å²) in [5.74, 6) is 0. The normalized spacial score (nSPS) is 25.6. The van der Waals surface area contributed by atoms with E-state index in [1.807, 2.05) is 19.1 Å². The Morgan fingerprint density at radius 1 is 1.44 bits per heavy atom. The van der Waals surface area contributed by atoms with Gasteiger partial charge in [-0.25, -0.2) is 0 Å². The second kappa shape index (κ2) is 4.81. The Morgan fingerprint density at radius 2 is 2.17 bits per heavy atom. The Bertz CT molecular complexity index is 429. The average Bonchev–Trinajstić information content (AvgIpc) is 2.32. The van der Waals surface area contributed by atoms with Gasteiger partial charge in [-0.05, 0) is 44.0 Å². The molecule has 0 saturated heterocycles. The van der Waals surface area contributed by atoms with Gasteiger partial charge < -0.3 is 15.8 Å². The summed E-state index contributed by atoms with van der Waals surface area (Å²) >= 11 is 0. The predicted molar refractivity (Wildman–Crippen MR) is 76.8 cm³/mol. The molecular weight excluding hydrogens is 224 g/mol. The summed E-state index contributed by atoms with van der Waals surface area (Å²) in [5, 5.41) is 3.59. The fourth-order valence-corrected chi connectivity index (χ4v) is 2.58. The Hall–Kier alpha value is -1.22. The van der Waals surface area contributed by atoms with Crippen molar-refractivity contribution in [1.29, 1.82) is 0 Å². The van der Waals surface area contributed by atoms with Gasteiger partial charge in [0.05, 0.1) is 6.10 Å². The summed E-state index contributed by atoms with van der Waals surface area (Å²) in [6.45, 7) is 9.41. The fraction of sp³-hybridized carbons (Fsp3) is 0.600. The number of aryl methyl sites for hydroxylation is 1. The van der Waals surface area contributed by atoms with Gasteiger partial charge in [0.25, 0.3) is 0 Å². The minimum atomic E-state index is 0.186. The van der Waals surface area contributed by atoms with E-state index in [-0.39, 0.29) is 5.41 Å². The smallest absolute Gasteiger partial charge is 0.0665 e. The molecule has 1 aromatic carbocycles. The van der Waals surface area contributed by atoms with Crippen LogP contribution < -0.4 is 11.1 Å². The standard InChI is InChI=1S/C15H24N2O/c1-5-18-14-9-13(15(14,3)4)17-11-6-7-12(16)10(2)8-11/h6-8,13-14,17H,5,9,16H2,1-4H3. The highest BCUT2D eigenvalue weighted by molar-refractivity contribution is 5.57. The molecule has 100 valence electrons. The van der Waals surface area contributed by atoms with Crippen LogP contribution in [0.4, 0.5) is 11.4 Å². The maximum absolute atomic E-state index is 5.83. The summed E-state index contributed by atoms with van der Waals surface area (Å²) < 4.78 is 5.74. The van der Waals surface area contributed by atoms with Crippen molar-refractivity contribution in [2.24, 2.45) is 5.41 Å². The first-order valence-corrected chi connectivity index (χ1v) is 6.69. The molecule has 0 spiro atoms. The second-order valence-electron chi connectivity index (χ2n) is 5.77. The second-order valence-corrected chi connectivity index (χ2v) is 5.77. The minimum absolute atomic E-state index is 0.186. The molecule has 0 aromatic heterocycles. The van der Waals surface area contributed by atoms with Crippen LogP contribution in [0.3, 0.4) is 0 Å². The van der Waals surface area contributed by atoms with E-state index in [0.717, 1.165) is 30.0 Å². The molecule has 0 radical (unpaired) electrons. The molecule has 2 unspecified atom stereocenters. The lowest BCUT2D eigenvalue weighted by Crippen LogP contribution is -2.58. The van der Waals surface area contributed by atoms with Crippen molar-refractivity contribution in [3.05, 3.63) is 23.8 Å². The maximum atomic E-state index is 5.83. The fourth-order valence-electron chi connectivity index (χ4n) is 2.58. The number of hydrogen-bond acceptors (Lipinski definition) is 3. The quantitative estimate of drug-likeness (QED) is 0.804. The first-order valence-electron chi connectivity index (χ1n) is 6.69. The molecule has 18 heavy (non-hydrogen) atoms. The maximum Gasteiger partial charge on any atom is 0.0665 e. The van der Waals surface area contributed by atoms with E-state index in [9.17, 15) is 0 Å². The summed E-state index contributed by atoms with van der Waals surface area (Å²) in [4.78, 5) is 0. The number of hydrogen-bond donors (Lipinski definition) is 2. The molecule has 1 aliphatic rings. The number of nitrogens with one attached hydrogen (secondary N) is 1. The highest BCUT2D eigenvalue weighted by Gasteiger charge is 2.48. The van der Waals surface area contributed by atoms with Gasteiger partial charge in [0, 0.05) is 29.4 Å². The topological polar surface area (TPSA) is 47.3 Å². The van der Waals surface area contributed by atoms with Crippen molar-refractivity contribution in [1.82, 2.24) is 0 Å². The van der Waals surface area contributed by atoms with Crippen LogP contribution in [0.1, 0.15) is 32.8 Å². The summed E-state index contributed by atoms with van der Waals surface area (Å²) in [5.41, 5.74) is 9.14. The first kappa shape index (κ1) is 13.2. The van der Waals surface area contributed by atoms with Crippen molar-refractivity contribution in [2.75, 3.05) is 17.7 Å². The molecule has 2 rings (SSSR count). The largest absolute Gasteiger partial charge is 0.399 e. The van der Waals surface area contributed by atoms with E-state index >= 15 is 0 Å². The van der Waals surface area contributed by atoms with Gasteiger partial charge in [-0.3, -0.25) is 0 Å². The lowest BCUT2D eigenvalue weighted by molar-refractivity contribution is -0.0975. The molecule has 3 nitrogen and oxygen atoms in total. The molecule has 0 amide bonds. The van der Waals surface area contributed by atoms with E-state index in [2.05, 4.69) is 32.2 Å². The molecule has 1 aromatic rings. The number of nitrogens with two attached hydrogens (primary N) is 1. The van der Waals surface area contributed by atoms with Crippen molar-refractivity contribution in [3.8, 4) is 0 Å². The van der Waals surface area contributed by atoms with Gasteiger partial charge in [-0.2, -0.15) is 0 Å². The third-order valence-electron chi connectivity index (χ3n) is 4.16. The van der Waals surface area contributed by atoms with Crippen molar-refractivity contribution >= 4 is 11.4 Å². The van der Waals surface area contributed by atoms with Crippen LogP contribution in [0.5, 0.6) is 0 Å². The molecule has 2 atom stereocenters. The number of benzene rings is 1. The zero-order valence-electron chi connectivity index (χ0n) is 11.8. The monoisotopic (exact) mass is 248 g/mol. The van der Waals surface area contributed by atoms with Crippen LogP contribution >= 0.6 is 0 Å². The average molecular weight is 248 g/mol. The Labute approximate surface area is 110 Å². The predicted octanol–water partition coefficient (Wildman–Crippen LogP) is 3.19. The molecule has 0 aliphatic heterocycles. The summed E-state index contributed by atoms with van der Waals surface area (Å²) in [6, 6.07) is 6.59. The molecule has 0 bridgehead atoms. The highest BCUT2D eigenvalue weighted by Crippen LogP contribution is 2.44. The summed E-state index contributed by atoms with van der Waals surface area (Å²) in [6.07, 6.45) is 1.44. The Kier molecular flexibility index (Phi) is 3.53. The van der Waals surface area contributed by atoms with Crippen LogP contribution in [0.25, 0.3) is 0 Å². The van der Waals surface area contributed by atoms with E-state index in [0.29, 0.717) is 12.1 Å². The lowest BCUT2D eigenvalue weighted by Gasteiger charge is -2.52. The van der Waals surface area contributed by atoms with E-state index < -0.39 is 0 Å². The lowest BCUT2D eigenvalue weighted by atomic mass is 9.64. The summed E-state index contributed by atoms with van der Waals surface area (Å²) in [7, 11) is 0. The molecule has 1 saturated carbocycles. The zero-order chi connectivity index (χ0) is 13.3. The van der Waals surface area contributed by atoms with Crippen LogP contribution in [0.2, 0.25) is 0 Å². The molecule has 1 fully saturated rings. The third-order valence-corrected chi connectivity index (χ3v) is 4.16. The van der Waals surface area contributed by atoms with Crippen LogP contribution in [-0.4, -0.2) is 18.8 Å². The van der Waals surface area contributed by atoms with Crippen molar-refractivity contribution in [2.45, 2.75) is 46.3 Å². The van der Waals surface area contributed by atoms with Gasteiger partial charge in [-0.15, -0.1) is 0 Å². The van der Waals surface area contributed by atoms with Gasteiger partial charge in [0.2, 0.25) is 0 Å². The molecule has 3 heteroatoms. The van der Waals surface area contributed by atoms with Gasteiger partial charge in [0.15, 0.2) is 0 Å². The Morgan fingerprint density at radius 3 is 2.72 bits per heavy atom. The van der Waals surface area contributed by atoms with Crippen LogP contribution in [0.15, 0.2) is 18.2 Å². The number of nitrogen functional groups attached to an aromatic ring is 1. The first-order chi connectivity index (χ1) is 8.45. The van der Waals surface area contributed by atoms with E-state index in [1.165, 1.54) is 0 Å². The Balaban J connectivity index is 2.01. The van der Waals surface area contributed by atoms with E-state index in [4.69, 9.17) is 10.5 Å². The van der Waals surface area contributed by atoms with Crippen LogP contribution in [-0.2, 0) is 4.74 Å². The van der Waals surface area contributed by atoms with E-state index in [1.54, 1.807) is 0 Å². The molecule has 3 N–H and O–H groups in total. The number of ether oxygens (including phenoxy) is 1. The minimum Gasteiger partial charge on any atom is -0.399 e. The highest BCUT2D eigenvalue weighted by atomic mass is 16.5. The SMILES string of the molecule is CCOC1CC(Nc2ccc(N)c(C)c2)C1(C)C. The van der Waals surface area contributed by atoms with Gasteiger partial charge >= 0.3 is 0 Å². The molecule has 0 heterocycles. The number of anilines is 2. The number of rotatable bonds is 4. The molecule has 1 aliphatic carbocycles. The van der Waals surface area contributed by atoms with Gasteiger partial charge in [-0.1, -0.05) is 13.8 Å². The zero-order valence-corrected chi connectivity index (χ0v) is 11.8.